The first kappa shape index (κ1) is 15.4. The van der Waals surface area contributed by atoms with Crippen molar-refractivity contribution in [3.05, 3.63) is 24.3 Å². The van der Waals surface area contributed by atoms with Crippen LogP contribution >= 0.6 is 0 Å². The lowest BCUT2D eigenvalue weighted by molar-refractivity contribution is 0.530. The third-order valence-corrected chi connectivity index (χ3v) is 5.74. The maximum Gasteiger partial charge on any atom is 0.240 e. The fourth-order valence-electron chi connectivity index (χ4n) is 2.04. The summed E-state index contributed by atoms with van der Waals surface area (Å²) in [5.41, 5.74) is 0. The number of hydrogen-bond acceptors (Lipinski definition) is 4. The molecule has 1 saturated carbocycles. The lowest BCUT2D eigenvalue weighted by Crippen LogP contribution is -2.32. The fraction of sp³-hybridized carbons (Fsp3) is 0.500. The van der Waals surface area contributed by atoms with E-state index in [-0.39, 0.29) is 15.8 Å². The average molecular weight is 318 g/mol. The highest BCUT2D eigenvalue weighted by molar-refractivity contribution is 7.89. The highest BCUT2D eigenvalue weighted by atomic mass is 32.2. The first-order valence-corrected chi connectivity index (χ1v) is 9.36. The van der Waals surface area contributed by atoms with Gasteiger partial charge in [-0.3, -0.25) is 0 Å². The van der Waals surface area contributed by atoms with Crippen molar-refractivity contribution < 1.29 is 16.8 Å². The van der Waals surface area contributed by atoms with Gasteiger partial charge in [-0.1, -0.05) is 12.8 Å². The van der Waals surface area contributed by atoms with Crippen LogP contribution in [0.4, 0.5) is 0 Å². The van der Waals surface area contributed by atoms with Crippen LogP contribution in [0.3, 0.4) is 0 Å². The Labute approximate surface area is 119 Å². The number of sulfonamides is 2. The molecule has 20 heavy (non-hydrogen) atoms. The molecule has 0 heterocycles. The zero-order valence-electron chi connectivity index (χ0n) is 11.1. The lowest BCUT2D eigenvalue weighted by atomic mass is 10.2. The Bertz CT molecular complexity index is 677. The summed E-state index contributed by atoms with van der Waals surface area (Å²) in [5, 5.41) is 4.97. The molecule has 1 aliphatic carbocycles. The smallest absolute Gasteiger partial charge is 0.225 e. The van der Waals surface area contributed by atoms with Crippen molar-refractivity contribution in [2.24, 2.45) is 11.1 Å². The average Bonchev–Trinajstić information content (AvgIpc) is 3.11. The quantitative estimate of drug-likeness (QED) is 0.809. The monoisotopic (exact) mass is 318 g/mol. The Balaban J connectivity index is 2.12. The molecule has 0 aliphatic heterocycles. The molecule has 1 unspecified atom stereocenters. The van der Waals surface area contributed by atoms with Crippen LogP contribution in [-0.2, 0) is 20.0 Å². The minimum absolute atomic E-state index is 0.0348. The van der Waals surface area contributed by atoms with Crippen LogP contribution in [0, 0.1) is 5.92 Å². The first-order chi connectivity index (χ1) is 9.18. The summed E-state index contributed by atoms with van der Waals surface area (Å²) in [6, 6.07) is 4.73. The van der Waals surface area contributed by atoms with Gasteiger partial charge in [0.15, 0.2) is 0 Å². The van der Waals surface area contributed by atoms with Gasteiger partial charge in [-0.25, -0.2) is 26.7 Å². The molecule has 1 aromatic rings. The van der Waals surface area contributed by atoms with E-state index >= 15 is 0 Å². The molecule has 6 nitrogen and oxygen atoms in total. The molecule has 0 bridgehead atoms. The topological polar surface area (TPSA) is 106 Å². The largest absolute Gasteiger partial charge is 0.240 e. The third kappa shape index (κ3) is 4.02. The van der Waals surface area contributed by atoms with Crippen molar-refractivity contribution >= 4 is 20.0 Å². The van der Waals surface area contributed by atoms with Crippen molar-refractivity contribution in [1.82, 2.24) is 4.72 Å². The van der Waals surface area contributed by atoms with Gasteiger partial charge in [0.2, 0.25) is 20.0 Å². The highest BCUT2D eigenvalue weighted by Crippen LogP contribution is 2.33. The van der Waals surface area contributed by atoms with Crippen molar-refractivity contribution in [1.29, 1.82) is 0 Å². The van der Waals surface area contributed by atoms with Gasteiger partial charge in [-0.05, 0) is 43.5 Å². The zero-order chi connectivity index (χ0) is 15.0. The number of nitrogens with two attached hydrogens (primary N) is 1. The van der Waals surface area contributed by atoms with E-state index in [0.717, 1.165) is 19.3 Å². The molecule has 8 heteroatoms. The zero-order valence-corrected chi connectivity index (χ0v) is 12.7. The normalized spacial score (nSPS) is 17.9. The van der Waals surface area contributed by atoms with E-state index in [2.05, 4.69) is 4.72 Å². The molecular weight excluding hydrogens is 300 g/mol. The number of benzene rings is 1. The summed E-state index contributed by atoms with van der Waals surface area (Å²) in [4.78, 5) is -0.0741. The molecule has 3 N–H and O–H groups in total. The minimum Gasteiger partial charge on any atom is -0.225 e. The van der Waals surface area contributed by atoms with E-state index in [1.807, 2.05) is 6.92 Å². The summed E-state index contributed by atoms with van der Waals surface area (Å²) in [7, 11) is -7.44. The Morgan fingerprint density at radius 2 is 1.65 bits per heavy atom. The van der Waals surface area contributed by atoms with Crippen molar-refractivity contribution in [3.63, 3.8) is 0 Å². The third-order valence-electron chi connectivity index (χ3n) is 3.20. The second kappa shape index (κ2) is 5.44. The summed E-state index contributed by atoms with van der Waals surface area (Å²) in [5.74, 6) is 0.623. The van der Waals surface area contributed by atoms with Gasteiger partial charge in [-0.2, -0.15) is 0 Å². The molecule has 0 spiro atoms. The van der Waals surface area contributed by atoms with Crippen molar-refractivity contribution in [2.75, 3.05) is 0 Å². The molecule has 0 saturated heterocycles. The molecule has 1 aromatic carbocycles. The van der Waals surface area contributed by atoms with Gasteiger partial charge < -0.3 is 0 Å². The summed E-state index contributed by atoms with van der Waals surface area (Å²) >= 11 is 0. The predicted octanol–water partition coefficient (Wildman–Crippen LogP) is 0.801. The van der Waals surface area contributed by atoms with Crippen LogP contribution < -0.4 is 9.86 Å². The lowest BCUT2D eigenvalue weighted by Gasteiger charge is -2.13. The fourth-order valence-corrected chi connectivity index (χ4v) is 3.81. The van der Waals surface area contributed by atoms with Crippen LogP contribution in [0.5, 0.6) is 0 Å². The standard InChI is InChI=1S/C12H18N2O4S2/c1-9(8-10-2-3-10)14-20(17,18)12-6-4-11(5-7-12)19(13,15)16/h4-7,9-10,14H,2-3,8H2,1H3,(H2,13,15,16). The number of nitrogens with one attached hydrogen (secondary N) is 1. The van der Waals surface area contributed by atoms with Crippen molar-refractivity contribution in [2.45, 2.75) is 42.0 Å². The number of rotatable bonds is 6. The van der Waals surface area contributed by atoms with Crippen LogP contribution in [0.15, 0.2) is 34.1 Å². The molecule has 0 aromatic heterocycles. The van der Waals surface area contributed by atoms with Crippen LogP contribution in [-0.4, -0.2) is 22.9 Å². The van der Waals surface area contributed by atoms with Gasteiger partial charge >= 0.3 is 0 Å². The number of primary sulfonamides is 1. The minimum atomic E-state index is -3.81. The van der Waals surface area contributed by atoms with E-state index in [1.54, 1.807) is 0 Å². The first-order valence-electron chi connectivity index (χ1n) is 6.34. The second-order valence-electron chi connectivity index (χ2n) is 5.22. The van der Waals surface area contributed by atoms with Gasteiger partial charge in [-0.15, -0.1) is 0 Å². The predicted molar refractivity (Wildman–Crippen MR) is 74.9 cm³/mol. The summed E-state index contributed by atoms with van der Waals surface area (Å²) < 4.78 is 49.0. The van der Waals surface area contributed by atoms with E-state index in [1.165, 1.54) is 24.3 Å². The van der Waals surface area contributed by atoms with E-state index in [4.69, 9.17) is 5.14 Å². The molecule has 1 aliphatic rings. The van der Waals surface area contributed by atoms with Gasteiger partial charge in [0, 0.05) is 6.04 Å². The van der Waals surface area contributed by atoms with Gasteiger partial charge in [0.25, 0.3) is 0 Å². The maximum atomic E-state index is 12.1. The summed E-state index contributed by atoms with van der Waals surface area (Å²) in [6.07, 6.45) is 3.15. The van der Waals surface area contributed by atoms with Crippen molar-refractivity contribution in [3.8, 4) is 0 Å². The SMILES string of the molecule is CC(CC1CC1)NS(=O)(=O)c1ccc(S(N)(=O)=O)cc1. The van der Waals surface area contributed by atoms with Crippen LogP contribution in [0.1, 0.15) is 26.2 Å². The van der Waals surface area contributed by atoms with Gasteiger partial charge in [0.1, 0.15) is 0 Å². The molecule has 0 radical (unpaired) electrons. The summed E-state index contributed by atoms with van der Waals surface area (Å²) in [6.45, 7) is 1.83. The molecule has 1 atom stereocenters. The molecule has 1 fully saturated rings. The van der Waals surface area contributed by atoms with E-state index in [0.29, 0.717) is 5.92 Å². The maximum absolute atomic E-state index is 12.1. The van der Waals surface area contributed by atoms with Crippen LogP contribution in [0.2, 0.25) is 0 Å². The Morgan fingerprint density at radius 1 is 1.15 bits per heavy atom. The van der Waals surface area contributed by atoms with E-state index < -0.39 is 20.0 Å². The molecular formula is C12H18N2O4S2. The molecule has 2 rings (SSSR count). The molecule has 0 amide bonds. The molecule has 112 valence electrons. The van der Waals surface area contributed by atoms with Gasteiger partial charge in [0.05, 0.1) is 9.79 Å². The second-order valence-corrected chi connectivity index (χ2v) is 8.49. The number of hydrogen-bond donors (Lipinski definition) is 2. The Kier molecular flexibility index (Phi) is 4.19. The Hall–Kier alpha value is -0.960. The van der Waals surface area contributed by atoms with Crippen LogP contribution in [0.25, 0.3) is 0 Å². The van der Waals surface area contributed by atoms with E-state index in [9.17, 15) is 16.8 Å². The Morgan fingerprint density at radius 3 is 2.10 bits per heavy atom. The highest BCUT2D eigenvalue weighted by Gasteiger charge is 2.26.